The van der Waals surface area contributed by atoms with Crippen LogP contribution in [0.1, 0.15) is 42.7 Å². The SMILES string of the molecule is COCCc1noc(C2CCCCN2C(=O)Cc2[nH]nc3ccccc23)n1. The summed E-state index contributed by atoms with van der Waals surface area (Å²) in [6.45, 7) is 1.24. The lowest BCUT2D eigenvalue weighted by atomic mass is 10.0. The second kappa shape index (κ2) is 7.87. The molecule has 1 saturated heterocycles. The molecule has 1 atom stereocenters. The fraction of sp³-hybridized carbons (Fsp3) is 0.474. The molecule has 4 rings (SSSR count). The van der Waals surface area contributed by atoms with E-state index in [0.717, 1.165) is 35.9 Å². The van der Waals surface area contributed by atoms with Crippen molar-refractivity contribution in [1.82, 2.24) is 25.2 Å². The molecular weight excluding hydrogens is 346 g/mol. The minimum atomic E-state index is -0.163. The Morgan fingerprint density at radius 2 is 2.26 bits per heavy atom. The number of hydrogen-bond acceptors (Lipinski definition) is 6. The predicted octanol–water partition coefficient (Wildman–Crippen LogP) is 2.43. The molecule has 0 radical (unpaired) electrons. The molecule has 142 valence electrons. The van der Waals surface area contributed by atoms with Crippen molar-refractivity contribution in [2.75, 3.05) is 20.3 Å². The number of hydrogen-bond donors (Lipinski definition) is 1. The Morgan fingerprint density at radius 3 is 3.15 bits per heavy atom. The number of para-hydroxylation sites is 1. The van der Waals surface area contributed by atoms with Crippen LogP contribution in [0, 0.1) is 0 Å². The average Bonchev–Trinajstić information content (AvgIpc) is 3.34. The molecule has 1 amide bonds. The number of likely N-dealkylation sites (tertiary alicyclic amines) is 1. The molecule has 0 bridgehead atoms. The standard InChI is InChI=1S/C19H23N5O3/c1-26-11-9-17-20-19(27-23-17)16-8-4-5-10-24(16)18(25)12-15-13-6-2-3-7-14(13)21-22-15/h2-3,6-7,16H,4-5,8-12H2,1H3,(H,21,22). The first kappa shape index (κ1) is 17.7. The average molecular weight is 369 g/mol. The third kappa shape index (κ3) is 3.71. The van der Waals surface area contributed by atoms with Crippen LogP contribution < -0.4 is 0 Å². The van der Waals surface area contributed by atoms with Gasteiger partial charge in [0.05, 0.1) is 24.2 Å². The van der Waals surface area contributed by atoms with Gasteiger partial charge in [-0.25, -0.2) is 0 Å². The third-order valence-corrected chi connectivity index (χ3v) is 4.99. The maximum Gasteiger partial charge on any atom is 0.249 e. The summed E-state index contributed by atoms with van der Waals surface area (Å²) in [5.41, 5.74) is 1.71. The Balaban J connectivity index is 1.51. The van der Waals surface area contributed by atoms with Crippen molar-refractivity contribution < 1.29 is 14.1 Å². The lowest BCUT2D eigenvalue weighted by Gasteiger charge is -2.33. The zero-order valence-corrected chi connectivity index (χ0v) is 15.4. The number of methoxy groups -OCH3 is 1. The smallest absolute Gasteiger partial charge is 0.249 e. The number of aromatic nitrogens is 4. The Kier molecular flexibility index (Phi) is 5.15. The van der Waals surface area contributed by atoms with Crippen LogP contribution in [0.3, 0.4) is 0 Å². The molecule has 8 nitrogen and oxygen atoms in total. The maximum absolute atomic E-state index is 13.0. The summed E-state index contributed by atoms with van der Waals surface area (Å²) < 4.78 is 10.5. The van der Waals surface area contributed by atoms with Gasteiger partial charge in [-0.15, -0.1) is 0 Å². The molecule has 27 heavy (non-hydrogen) atoms. The minimum Gasteiger partial charge on any atom is -0.384 e. The highest BCUT2D eigenvalue weighted by molar-refractivity contribution is 5.87. The Hall–Kier alpha value is -2.74. The van der Waals surface area contributed by atoms with Crippen molar-refractivity contribution in [3.8, 4) is 0 Å². The van der Waals surface area contributed by atoms with E-state index in [4.69, 9.17) is 9.26 Å². The molecule has 0 saturated carbocycles. The summed E-state index contributed by atoms with van der Waals surface area (Å²) in [6.07, 6.45) is 3.73. The Bertz CT molecular complexity index is 919. The van der Waals surface area contributed by atoms with Gasteiger partial charge in [-0.2, -0.15) is 10.1 Å². The maximum atomic E-state index is 13.0. The molecule has 1 N–H and O–H groups in total. The number of nitrogens with zero attached hydrogens (tertiary/aromatic N) is 4. The molecule has 1 aliphatic heterocycles. The van der Waals surface area contributed by atoms with Crippen molar-refractivity contribution in [2.45, 2.75) is 38.1 Å². The van der Waals surface area contributed by atoms with Crippen LogP contribution in [0.4, 0.5) is 0 Å². The molecule has 2 aromatic heterocycles. The first-order valence-corrected chi connectivity index (χ1v) is 9.29. The van der Waals surface area contributed by atoms with Crippen LogP contribution in [0.2, 0.25) is 0 Å². The molecule has 0 spiro atoms. The topological polar surface area (TPSA) is 97.1 Å². The van der Waals surface area contributed by atoms with E-state index >= 15 is 0 Å². The highest BCUT2D eigenvalue weighted by Crippen LogP contribution is 2.31. The van der Waals surface area contributed by atoms with Crippen LogP contribution in [0.15, 0.2) is 28.8 Å². The molecular formula is C19H23N5O3. The lowest BCUT2D eigenvalue weighted by molar-refractivity contribution is -0.135. The molecule has 0 aliphatic carbocycles. The van der Waals surface area contributed by atoms with Gasteiger partial charge in [0.15, 0.2) is 5.82 Å². The first-order chi connectivity index (χ1) is 13.3. The van der Waals surface area contributed by atoms with E-state index in [9.17, 15) is 4.79 Å². The van der Waals surface area contributed by atoms with Gasteiger partial charge >= 0.3 is 0 Å². The first-order valence-electron chi connectivity index (χ1n) is 9.29. The number of carbonyl (C=O) groups is 1. The second-order valence-electron chi connectivity index (χ2n) is 6.79. The number of ether oxygens (including phenoxy) is 1. The van der Waals surface area contributed by atoms with Gasteiger partial charge in [0.1, 0.15) is 6.04 Å². The van der Waals surface area contributed by atoms with Gasteiger partial charge in [-0.3, -0.25) is 9.89 Å². The number of aromatic amines is 1. The van der Waals surface area contributed by atoms with E-state index in [0.29, 0.717) is 31.3 Å². The van der Waals surface area contributed by atoms with E-state index in [-0.39, 0.29) is 18.4 Å². The normalized spacial score (nSPS) is 17.5. The van der Waals surface area contributed by atoms with Crippen LogP contribution in [-0.4, -0.2) is 51.4 Å². The highest BCUT2D eigenvalue weighted by atomic mass is 16.5. The molecule has 8 heteroatoms. The summed E-state index contributed by atoms with van der Waals surface area (Å²) >= 11 is 0. The summed E-state index contributed by atoms with van der Waals surface area (Å²) in [6, 6.07) is 7.64. The number of benzene rings is 1. The van der Waals surface area contributed by atoms with E-state index in [1.54, 1.807) is 7.11 Å². The van der Waals surface area contributed by atoms with Crippen molar-refractivity contribution in [1.29, 1.82) is 0 Å². The Labute approximate surface area is 156 Å². The number of rotatable bonds is 6. The number of H-pyrrole nitrogens is 1. The van der Waals surface area contributed by atoms with Crippen molar-refractivity contribution in [2.24, 2.45) is 0 Å². The Morgan fingerprint density at radius 1 is 1.37 bits per heavy atom. The summed E-state index contributed by atoms with van der Waals surface area (Å²) in [7, 11) is 1.64. The van der Waals surface area contributed by atoms with Gasteiger partial charge in [0, 0.05) is 25.5 Å². The van der Waals surface area contributed by atoms with E-state index in [1.807, 2.05) is 29.2 Å². The van der Waals surface area contributed by atoms with E-state index < -0.39 is 0 Å². The molecule has 3 aromatic rings. The van der Waals surface area contributed by atoms with Gasteiger partial charge in [-0.1, -0.05) is 23.4 Å². The monoisotopic (exact) mass is 369 g/mol. The molecule has 1 unspecified atom stereocenters. The molecule has 3 heterocycles. The van der Waals surface area contributed by atoms with Crippen molar-refractivity contribution in [3.05, 3.63) is 41.7 Å². The zero-order chi connectivity index (χ0) is 18.6. The number of carbonyl (C=O) groups excluding carboxylic acids is 1. The number of amides is 1. The largest absolute Gasteiger partial charge is 0.384 e. The lowest BCUT2D eigenvalue weighted by Crippen LogP contribution is -2.39. The number of nitrogens with one attached hydrogen (secondary N) is 1. The van der Waals surface area contributed by atoms with Gasteiger partial charge < -0.3 is 14.2 Å². The van der Waals surface area contributed by atoms with Crippen molar-refractivity contribution >= 4 is 16.8 Å². The van der Waals surface area contributed by atoms with E-state index in [1.165, 1.54) is 0 Å². The quantitative estimate of drug-likeness (QED) is 0.717. The zero-order valence-electron chi connectivity index (χ0n) is 15.4. The third-order valence-electron chi connectivity index (χ3n) is 4.99. The van der Waals surface area contributed by atoms with Gasteiger partial charge in [0.25, 0.3) is 0 Å². The number of fused-ring (bicyclic) bond motifs is 1. The van der Waals surface area contributed by atoms with Crippen LogP contribution in [0.25, 0.3) is 10.9 Å². The second-order valence-corrected chi connectivity index (χ2v) is 6.79. The molecule has 1 aromatic carbocycles. The highest BCUT2D eigenvalue weighted by Gasteiger charge is 2.32. The summed E-state index contributed by atoms with van der Waals surface area (Å²) in [5, 5.41) is 12.3. The summed E-state index contributed by atoms with van der Waals surface area (Å²) in [5.74, 6) is 1.18. The van der Waals surface area contributed by atoms with E-state index in [2.05, 4.69) is 20.3 Å². The molecule has 1 aliphatic rings. The van der Waals surface area contributed by atoms with Crippen LogP contribution in [0.5, 0.6) is 0 Å². The van der Waals surface area contributed by atoms with Gasteiger partial charge in [-0.05, 0) is 25.3 Å². The summed E-state index contributed by atoms with van der Waals surface area (Å²) in [4.78, 5) is 19.4. The number of piperidine rings is 1. The minimum absolute atomic E-state index is 0.0470. The molecule has 1 fully saturated rings. The fourth-order valence-electron chi connectivity index (χ4n) is 3.59. The van der Waals surface area contributed by atoms with Crippen LogP contribution >= 0.6 is 0 Å². The fourth-order valence-corrected chi connectivity index (χ4v) is 3.59. The van der Waals surface area contributed by atoms with Crippen LogP contribution in [-0.2, 0) is 22.4 Å². The van der Waals surface area contributed by atoms with Gasteiger partial charge in [0.2, 0.25) is 11.8 Å². The van der Waals surface area contributed by atoms with Crippen molar-refractivity contribution in [3.63, 3.8) is 0 Å². The predicted molar refractivity (Wildman–Crippen MR) is 98.0 cm³/mol.